The highest BCUT2D eigenvalue weighted by Gasteiger charge is 2.30. The number of rotatable bonds is 6. The third-order valence-corrected chi connectivity index (χ3v) is 6.38. The molecule has 192 valence electrons. The van der Waals surface area contributed by atoms with Crippen molar-refractivity contribution in [3.05, 3.63) is 85.6 Å². The van der Waals surface area contributed by atoms with Gasteiger partial charge in [-0.25, -0.2) is 22.5 Å². The van der Waals surface area contributed by atoms with Crippen molar-refractivity contribution in [2.75, 3.05) is 18.0 Å². The molecule has 37 heavy (non-hydrogen) atoms. The molecule has 4 rings (SSSR count). The Balaban J connectivity index is 1.98. The van der Waals surface area contributed by atoms with Crippen molar-refractivity contribution >= 4 is 11.7 Å². The molecule has 0 aliphatic carbocycles. The first-order chi connectivity index (χ1) is 17.6. The Kier molecular flexibility index (Phi) is 7.15. The number of nitrogens with two attached hydrogens (primary N) is 1. The lowest BCUT2D eigenvalue weighted by atomic mass is 9.95. The number of piperidine rings is 1. The van der Waals surface area contributed by atoms with Crippen LogP contribution in [0.15, 0.2) is 40.2 Å². The lowest BCUT2D eigenvalue weighted by Gasteiger charge is -2.35. The Morgan fingerprint density at radius 2 is 1.78 bits per heavy atom. The number of halogens is 3. The largest absolute Gasteiger partial charge is 0.369 e. The molecule has 9 nitrogen and oxygen atoms in total. The molecule has 1 aliphatic heterocycles. The van der Waals surface area contributed by atoms with Gasteiger partial charge in [-0.2, -0.15) is 5.26 Å². The molecule has 0 spiro atoms. The molecule has 0 radical (unpaired) electrons. The Labute approximate surface area is 209 Å². The first kappa shape index (κ1) is 25.7. The quantitative estimate of drug-likeness (QED) is 0.503. The smallest absolute Gasteiger partial charge is 0.338 e. The van der Waals surface area contributed by atoms with E-state index in [1.54, 1.807) is 17.9 Å². The van der Waals surface area contributed by atoms with Gasteiger partial charge in [0.05, 0.1) is 23.5 Å². The fourth-order valence-electron chi connectivity index (χ4n) is 4.60. The first-order valence-electron chi connectivity index (χ1n) is 11.5. The Morgan fingerprint density at radius 3 is 2.35 bits per heavy atom. The van der Waals surface area contributed by atoms with Gasteiger partial charge in [0.1, 0.15) is 12.4 Å². The summed E-state index contributed by atoms with van der Waals surface area (Å²) >= 11 is 0. The predicted molar refractivity (Wildman–Crippen MR) is 128 cm³/mol. The summed E-state index contributed by atoms with van der Waals surface area (Å²) in [5, 5.41) is 9.51. The van der Waals surface area contributed by atoms with E-state index < -0.39 is 47.1 Å². The average molecular weight is 512 g/mol. The van der Waals surface area contributed by atoms with Gasteiger partial charge in [0.15, 0.2) is 17.5 Å². The van der Waals surface area contributed by atoms with Crippen LogP contribution in [0.4, 0.5) is 19.0 Å². The van der Waals surface area contributed by atoms with Gasteiger partial charge in [-0.05, 0) is 49.1 Å². The molecule has 1 saturated heterocycles. The molecule has 3 heterocycles. The van der Waals surface area contributed by atoms with Gasteiger partial charge in [-0.3, -0.25) is 19.1 Å². The van der Waals surface area contributed by atoms with Crippen LogP contribution in [0.25, 0.3) is 5.69 Å². The Hall–Kier alpha value is -4.40. The van der Waals surface area contributed by atoms with Gasteiger partial charge in [-0.1, -0.05) is 0 Å². The maximum atomic E-state index is 14.0. The molecular formula is C25H23F3N6O3. The number of primary amides is 1. The SMILES string of the molecule is Cc1cncc(-n2c(=O)c(Cc3cc(F)c(F)c(F)c3)c(N3CCC(C(N)=O)CC3)n(CC#N)c2=O)c1. The summed E-state index contributed by atoms with van der Waals surface area (Å²) < 4.78 is 43.6. The number of nitriles is 1. The highest BCUT2D eigenvalue weighted by atomic mass is 19.2. The van der Waals surface area contributed by atoms with Crippen LogP contribution in [-0.2, 0) is 17.8 Å². The minimum atomic E-state index is -1.64. The van der Waals surface area contributed by atoms with E-state index in [1.165, 1.54) is 12.4 Å². The van der Waals surface area contributed by atoms with E-state index >= 15 is 0 Å². The van der Waals surface area contributed by atoms with Gasteiger partial charge in [0, 0.05) is 31.6 Å². The normalized spacial score (nSPS) is 14.0. The third-order valence-electron chi connectivity index (χ3n) is 6.38. The van der Waals surface area contributed by atoms with Crippen LogP contribution < -0.4 is 21.9 Å². The van der Waals surface area contributed by atoms with Crippen LogP contribution in [0, 0.1) is 41.6 Å². The molecule has 1 aromatic carbocycles. The summed E-state index contributed by atoms with van der Waals surface area (Å²) in [5.41, 5.74) is 4.60. The second-order valence-electron chi connectivity index (χ2n) is 8.90. The summed E-state index contributed by atoms with van der Waals surface area (Å²) in [5.74, 6) is -5.25. The monoisotopic (exact) mass is 512 g/mol. The number of carbonyl (C=O) groups excluding carboxylic acids is 1. The van der Waals surface area contributed by atoms with Gasteiger partial charge in [0.2, 0.25) is 5.91 Å². The van der Waals surface area contributed by atoms with Crippen molar-refractivity contribution in [2.45, 2.75) is 32.7 Å². The van der Waals surface area contributed by atoms with E-state index in [-0.39, 0.29) is 42.1 Å². The number of anilines is 1. The molecule has 12 heteroatoms. The minimum Gasteiger partial charge on any atom is -0.369 e. The summed E-state index contributed by atoms with van der Waals surface area (Å²) in [4.78, 5) is 44.7. The second kappa shape index (κ2) is 10.3. The zero-order valence-corrected chi connectivity index (χ0v) is 19.9. The number of pyridine rings is 1. The molecule has 1 amide bonds. The van der Waals surface area contributed by atoms with Crippen molar-refractivity contribution in [1.82, 2.24) is 14.1 Å². The van der Waals surface area contributed by atoms with Gasteiger partial charge < -0.3 is 10.6 Å². The molecule has 0 bridgehead atoms. The van der Waals surface area contributed by atoms with Crippen molar-refractivity contribution in [3.8, 4) is 11.8 Å². The molecule has 2 N–H and O–H groups in total. The highest BCUT2D eigenvalue weighted by Crippen LogP contribution is 2.27. The van der Waals surface area contributed by atoms with Crippen molar-refractivity contribution in [3.63, 3.8) is 0 Å². The molecule has 0 unspecified atom stereocenters. The van der Waals surface area contributed by atoms with Crippen molar-refractivity contribution in [1.29, 1.82) is 5.26 Å². The van der Waals surface area contributed by atoms with Crippen LogP contribution in [0.5, 0.6) is 0 Å². The molecule has 0 atom stereocenters. The lowest BCUT2D eigenvalue weighted by Crippen LogP contribution is -2.47. The fourth-order valence-corrected chi connectivity index (χ4v) is 4.60. The standard InChI is InChI=1S/C25H23F3N6O3/c1-14-8-17(13-31-12-14)34-24(36)18(9-15-10-19(26)21(28)20(27)11-15)23(33(7-4-29)25(34)37)32-5-2-16(3-6-32)22(30)35/h8,10-13,16H,2-3,5-7,9H2,1H3,(H2,30,35). The van der Waals surface area contributed by atoms with Crippen LogP contribution in [0.1, 0.15) is 29.5 Å². The van der Waals surface area contributed by atoms with Gasteiger partial charge >= 0.3 is 5.69 Å². The van der Waals surface area contributed by atoms with Gasteiger partial charge in [0.25, 0.3) is 5.56 Å². The second-order valence-corrected chi connectivity index (χ2v) is 8.90. The molecule has 1 aliphatic rings. The zero-order valence-electron chi connectivity index (χ0n) is 19.9. The molecule has 2 aromatic heterocycles. The van der Waals surface area contributed by atoms with Crippen LogP contribution in [0.2, 0.25) is 0 Å². The molecule has 0 saturated carbocycles. The lowest BCUT2D eigenvalue weighted by molar-refractivity contribution is -0.122. The topological polar surface area (TPSA) is 127 Å². The van der Waals surface area contributed by atoms with E-state index in [0.29, 0.717) is 18.4 Å². The van der Waals surface area contributed by atoms with E-state index in [0.717, 1.165) is 21.3 Å². The highest BCUT2D eigenvalue weighted by molar-refractivity contribution is 5.77. The van der Waals surface area contributed by atoms with E-state index in [2.05, 4.69) is 4.98 Å². The van der Waals surface area contributed by atoms with Crippen LogP contribution in [-0.4, -0.2) is 33.1 Å². The summed E-state index contributed by atoms with van der Waals surface area (Å²) in [6, 6.07) is 5.03. The number of hydrogen-bond donors (Lipinski definition) is 1. The van der Waals surface area contributed by atoms with Crippen LogP contribution >= 0.6 is 0 Å². The summed E-state index contributed by atoms with van der Waals surface area (Å²) in [6.45, 7) is 1.78. The number of aromatic nitrogens is 3. The number of aryl methyl sites for hydroxylation is 1. The molecular weight excluding hydrogens is 489 g/mol. The van der Waals surface area contributed by atoms with E-state index in [1.807, 2.05) is 6.07 Å². The first-order valence-corrected chi connectivity index (χ1v) is 11.5. The van der Waals surface area contributed by atoms with E-state index in [4.69, 9.17) is 5.73 Å². The van der Waals surface area contributed by atoms with Crippen LogP contribution in [0.3, 0.4) is 0 Å². The molecule has 3 aromatic rings. The Morgan fingerprint density at radius 1 is 1.14 bits per heavy atom. The zero-order chi connectivity index (χ0) is 26.9. The molecule has 1 fully saturated rings. The van der Waals surface area contributed by atoms with Crippen molar-refractivity contribution in [2.24, 2.45) is 11.7 Å². The summed E-state index contributed by atoms with van der Waals surface area (Å²) in [7, 11) is 0. The summed E-state index contributed by atoms with van der Waals surface area (Å²) in [6.07, 6.45) is 3.18. The number of amides is 1. The predicted octanol–water partition coefficient (Wildman–Crippen LogP) is 1.94. The van der Waals surface area contributed by atoms with Gasteiger partial charge in [-0.15, -0.1) is 0 Å². The number of carbonyl (C=O) groups is 1. The fraction of sp³-hybridized carbons (Fsp3) is 0.320. The van der Waals surface area contributed by atoms with E-state index in [9.17, 15) is 32.8 Å². The maximum Gasteiger partial charge on any atom is 0.338 e. The number of nitrogens with zero attached hydrogens (tertiary/aromatic N) is 5. The maximum absolute atomic E-state index is 14.0. The minimum absolute atomic E-state index is 0.0284. The average Bonchev–Trinajstić information content (AvgIpc) is 2.86. The Bertz CT molecular complexity index is 1510. The number of benzene rings is 1. The van der Waals surface area contributed by atoms with Crippen molar-refractivity contribution < 1.29 is 18.0 Å². The third kappa shape index (κ3) is 4.97. The number of hydrogen-bond acceptors (Lipinski definition) is 6.